The van der Waals surface area contributed by atoms with Crippen LogP contribution in [0.5, 0.6) is 5.75 Å². The summed E-state index contributed by atoms with van der Waals surface area (Å²) in [6.45, 7) is 0.508. The number of nitrogens with zero attached hydrogens (tertiary/aromatic N) is 2. The van der Waals surface area contributed by atoms with Crippen molar-refractivity contribution in [3.8, 4) is 5.75 Å². The van der Waals surface area contributed by atoms with Crippen molar-refractivity contribution >= 4 is 63.7 Å². The average molecular weight is 535 g/mol. The maximum absolute atomic E-state index is 12.6. The van der Waals surface area contributed by atoms with Gasteiger partial charge in [0.2, 0.25) is 0 Å². The van der Waals surface area contributed by atoms with Crippen LogP contribution in [-0.4, -0.2) is 61.3 Å². The molecular weight excluding hydrogens is 516 g/mol. The molecule has 3 rings (SSSR count). The van der Waals surface area contributed by atoms with Gasteiger partial charge < -0.3 is 19.9 Å². The van der Waals surface area contributed by atoms with Crippen LogP contribution >= 0.6 is 35.4 Å². The number of carbonyl (C=O) groups excluding carboxylic acids is 2. The van der Waals surface area contributed by atoms with Crippen molar-refractivity contribution in [1.82, 2.24) is 10.2 Å². The third-order valence-corrected chi connectivity index (χ3v) is 5.76. The maximum Gasteiger partial charge on any atom is 0.471 e. The van der Waals surface area contributed by atoms with Gasteiger partial charge in [-0.2, -0.15) is 13.2 Å². The number of anilines is 2. The Hall–Kier alpha value is -2.76. The molecule has 1 saturated heterocycles. The van der Waals surface area contributed by atoms with Crippen molar-refractivity contribution < 1.29 is 27.5 Å². The molecule has 2 amide bonds. The minimum Gasteiger partial charge on any atom is -0.494 e. The highest BCUT2D eigenvalue weighted by molar-refractivity contribution is 7.80. The Morgan fingerprint density at radius 2 is 1.59 bits per heavy atom. The van der Waals surface area contributed by atoms with Crippen molar-refractivity contribution in [1.29, 1.82) is 0 Å². The fourth-order valence-corrected chi connectivity index (χ4v) is 4.18. The maximum atomic E-state index is 12.6. The monoisotopic (exact) mass is 534 g/mol. The molecule has 1 aliphatic heterocycles. The molecule has 0 aliphatic carbocycles. The highest BCUT2D eigenvalue weighted by atomic mass is 35.5. The van der Waals surface area contributed by atoms with Gasteiger partial charge in [-0.1, -0.05) is 23.2 Å². The van der Waals surface area contributed by atoms with Crippen molar-refractivity contribution in [2.24, 2.45) is 0 Å². The van der Waals surface area contributed by atoms with Gasteiger partial charge in [0, 0.05) is 43.1 Å². The molecule has 1 heterocycles. The summed E-state index contributed by atoms with van der Waals surface area (Å²) in [7, 11) is 1.41. The van der Waals surface area contributed by atoms with Crippen LogP contribution < -0.4 is 20.3 Å². The summed E-state index contributed by atoms with van der Waals surface area (Å²) in [6.07, 6.45) is -4.87. The molecule has 7 nitrogen and oxygen atoms in total. The quantitative estimate of drug-likeness (QED) is 0.568. The largest absolute Gasteiger partial charge is 0.494 e. The summed E-state index contributed by atoms with van der Waals surface area (Å²) < 4.78 is 42.8. The summed E-state index contributed by atoms with van der Waals surface area (Å²) in [6, 6.07) is 9.75. The second-order valence-electron chi connectivity index (χ2n) is 7.21. The number of hydrogen-bond acceptors (Lipinski definition) is 5. The third kappa shape index (κ3) is 6.22. The molecule has 1 aliphatic rings. The van der Waals surface area contributed by atoms with Crippen molar-refractivity contribution in [3.05, 3.63) is 52.0 Å². The normalized spacial score (nSPS) is 13.9. The first-order valence-corrected chi connectivity index (χ1v) is 11.0. The van der Waals surface area contributed by atoms with Crippen molar-refractivity contribution in [2.45, 2.75) is 6.18 Å². The Bertz CT molecular complexity index is 1070. The van der Waals surface area contributed by atoms with Crippen LogP contribution in [-0.2, 0) is 4.79 Å². The first-order valence-electron chi connectivity index (χ1n) is 9.86. The SMILES string of the molecule is COc1c(Cl)cc(C(=O)NC(=S)Nc2ccc(N3CCN(C(=O)C(F)(F)F)CC3)cc2)cc1Cl. The second-order valence-corrected chi connectivity index (χ2v) is 8.43. The number of benzene rings is 2. The van der Waals surface area contributed by atoms with E-state index in [-0.39, 0.29) is 52.6 Å². The number of nitrogens with one attached hydrogen (secondary N) is 2. The van der Waals surface area contributed by atoms with Gasteiger partial charge in [0.05, 0.1) is 17.2 Å². The van der Waals surface area contributed by atoms with Crippen LogP contribution in [0.4, 0.5) is 24.5 Å². The molecule has 34 heavy (non-hydrogen) atoms. The Balaban J connectivity index is 1.54. The molecule has 0 unspecified atom stereocenters. The lowest BCUT2D eigenvalue weighted by molar-refractivity contribution is -0.185. The Morgan fingerprint density at radius 3 is 2.09 bits per heavy atom. The van der Waals surface area contributed by atoms with Gasteiger partial charge in [-0.3, -0.25) is 14.9 Å². The van der Waals surface area contributed by atoms with E-state index in [1.165, 1.54) is 19.2 Å². The molecule has 0 atom stereocenters. The molecule has 0 bridgehead atoms. The zero-order chi connectivity index (χ0) is 25.0. The third-order valence-electron chi connectivity index (χ3n) is 4.99. The summed E-state index contributed by atoms with van der Waals surface area (Å²) in [4.78, 5) is 26.5. The number of amides is 2. The smallest absolute Gasteiger partial charge is 0.471 e. The fourth-order valence-electron chi connectivity index (χ4n) is 3.33. The van der Waals surface area contributed by atoms with E-state index < -0.39 is 18.0 Å². The molecule has 0 aromatic heterocycles. The lowest BCUT2D eigenvalue weighted by Crippen LogP contribution is -2.52. The second kappa shape index (κ2) is 10.7. The molecule has 2 aromatic carbocycles. The summed E-state index contributed by atoms with van der Waals surface area (Å²) >= 11 is 17.3. The molecule has 0 spiro atoms. The number of thiocarbonyl (C=S) groups is 1. The molecule has 2 N–H and O–H groups in total. The van der Waals surface area contributed by atoms with Gasteiger partial charge in [0.25, 0.3) is 5.91 Å². The van der Waals surface area contributed by atoms with Crippen LogP contribution in [0, 0.1) is 0 Å². The highest BCUT2D eigenvalue weighted by Gasteiger charge is 2.43. The number of carbonyl (C=O) groups is 2. The van der Waals surface area contributed by atoms with E-state index in [1.807, 2.05) is 4.90 Å². The predicted octanol–water partition coefficient (Wildman–Crippen LogP) is 4.34. The van der Waals surface area contributed by atoms with Crippen molar-refractivity contribution in [2.75, 3.05) is 43.5 Å². The zero-order valence-corrected chi connectivity index (χ0v) is 20.0. The lowest BCUT2D eigenvalue weighted by atomic mass is 10.2. The van der Waals surface area contributed by atoms with Crippen LogP contribution in [0.2, 0.25) is 10.0 Å². The number of halogens is 5. The first-order chi connectivity index (χ1) is 16.0. The predicted molar refractivity (Wildman–Crippen MR) is 128 cm³/mol. The fraction of sp³-hybridized carbons (Fsp3) is 0.286. The molecule has 2 aromatic rings. The Morgan fingerprint density at radius 1 is 1.03 bits per heavy atom. The van der Waals surface area contributed by atoms with E-state index in [2.05, 4.69) is 10.6 Å². The summed E-state index contributed by atoms with van der Waals surface area (Å²) in [5.41, 5.74) is 1.56. The number of hydrogen-bond donors (Lipinski definition) is 2. The molecular formula is C21H19Cl2F3N4O3S. The van der Waals surface area contributed by atoms with Gasteiger partial charge in [-0.15, -0.1) is 0 Å². The van der Waals surface area contributed by atoms with Gasteiger partial charge in [-0.05, 0) is 48.6 Å². The number of methoxy groups -OCH3 is 1. The van der Waals surface area contributed by atoms with Crippen LogP contribution in [0.3, 0.4) is 0 Å². The number of rotatable bonds is 4. The van der Waals surface area contributed by atoms with Gasteiger partial charge in [-0.25, -0.2) is 0 Å². The van der Waals surface area contributed by atoms with Crippen LogP contribution in [0.1, 0.15) is 10.4 Å². The van der Waals surface area contributed by atoms with E-state index in [0.29, 0.717) is 5.69 Å². The van der Waals surface area contributed by atoms with Gasteiger partial charge in [0.15, 0.2) is 10.9 Å². The van der Waals surface area contributed by atoms with Crippen LogP contribution in [0.25, 0.3) is 0 Å². The summed E-state index contributed by atoms with van der Waals surface area (Å²) in [5, 5.41) is 5.80. The van der Waals surface area contributed by atoms with E-state index >= 15 is 0 Å². The summed E-state index contributed by atoms with van der Waals surface area (Å²) in [5.74, 6) is -2.08. The molecule has 0 saturated carbocycles. The van der Waals surface area contributed by atoms with Crippen molar-refractivity contribution in [3.63, 3.8) is 0 Å². The standard InChI is InChI=1S/C21H19Cl2F3N4O3S/c1-33-17-15(22)10-12(11-16(17)23)18(31)28-20(34)27-13-2-4-14(5-3-13)29-6-8-30(9-7-29)19(32)21(24,25)26/h2-5,10-11H,6-9H2,1H3,(H2,27,28,31,34). The van der Waals surface area contributed by atoms with E-state index in [4.69, 9.17) is 40.2 Å². The highest BCUT2D eigenvalue weighted by Crippen LogP contribution is 2.33. The van der Waals surface area contributed by atoms with Gasteiger partial charge in [0.1, 0.15) is 0 Å². The molecule has 182 valence electrons. The van der Waals surface area contributed by atoms with Gasteiger partial charge >= 0.3 is 12.1 Å². The Kier molecular flexibility index (Phi) is 8.11. The first kappa shape index (κ1) is 25.9. The number of ether oxygens (including phenoxy) is 1. The lowest BCUT2D eigenvalue weighted by Gasteiger charge is -2.36. The van der Waals surface area contributed by atoms with E-state index in [1.54, 1.807) is 24.3 Å². The number of alkyl halides is 3. The zero-order valence-electron chi connectivity index (χ0n) is 17.7. The van der Waals surface area contributed by atoms with E-state index in [9.17, 15) is 22.8 Å². The Labute approximate surface area is 208 Å². The number of piperazine rings is 1. The molecule has 1 fully saturated rings. The van der Waals surface area contributed by atoms with Crippen LogP contribution in [0.15, 0.2) is 36.4 Å². The van der Waals surface area contributed by atoms with E-state index in [0.717, 1.165) is 10.6 Å². The minimum atomic E-state index is -4.87. The minimum absolute atomic E-state index is 0.0200. The average Bonchev–Trinajstić information content (AvgIpc) is 2.78. The molecule has 0 radical (unpaired) electrons. The topological polar surface area (TPSA) is 73.9 Å². The molecule has 13 heteroatoms.